The molecule has 0 fully saturated rings. The Balaban J connectivity index is 2.06. The SMILES string of the molecule is CCCCCCCCCCCC(=O)OC(=O)c1ccc(O)cc1. The third kappa shape index (κ3) is 9.01. The van der Waals surface area contributed by atoms with Crippen LogP contribution in [0, 0.1) is 0 Å². The van der Waals surface area contributed by atoms with Crippen molar-refractivity contribution in [3.8, 4) is 5.75 Å². The molecule has 0 radical (unpaired) electrons. The second-order valence-electron chi connectivity index (χ2n) is 5.89. The van der Waals surface area contributed by atoms with Crippen LogP contribution in [0.25, 0.3) is 0 Å². The monoisotopic (exact) mass is 320 g/mol. The third-order valence-corrected chi connectivity index (χ3v) is 3.79. The molecule has 0 amide bonds. The van der Waals surface area contributed by atoms with E-state index in [-0.39, 0.29) is 17.7 Å². The van der Waals surface area contributed by atoms with Crippen molar-refractivity contribution in [3.63, 3.8) is 0 Å². The van der Waals surface area contributed by atoms with Crippen molar-refractivity contribution >= 4 is 11.9 Å². The topological polar surface area (TPSA) is 63.6 Å². The number of hydrogen-bond donors (Lipinski definition) is 1. The van der Waals surface area contributed by atoms with E-state index in [1.54, 1.807) is 0 Å². The van der Waals surface area contributed by atoms with Crippen LogP contribution in [0.2, 0.25) is 0 Å². The van der Waals surface area contributed by atoms with Gasteiger partial charge in [-0.2, -0.15) is 0 Å². The smallest absolute Gasteiger partial charge is 0.345 e. The minimum Gasteiger partial charge on any atom is -0.508 e. The van der Waals surface area contributed by atoms with Crippen molar-refractivity contribution in [1.82, 2.24) is 0 Å². The molecule has 0 aliphatic heterocycles. The Kier molecular flexibility index (Phi) is 9.76. The Morgan fingerprint density at radius 2 is 1.39 bits per heavy atom. The van der Waals surface area contributed by atoms with E-state index in [1.807, 2.05) is 0 Å². The summed E-state index contributed by atoms with van der Waals surface area (Å²) >= 11 is 0. The molecule has 1 aromatic carbocycles. The minimum absolute atomic E-state index is 0.0718. The molecule has 0 saturated heterocycles. The molecule has 1 rings (SSSR count). The van der Waals surface area contributed by atoms with Crippen LogP contribution in [0.3, 0.4) is 0 Å². The van der Waals surface area contributed by atoms with Gasteiger partial charge >= 0.3 is 11.9 Å². The highest BCUT2D eigenvalue weighted by Gasteiger charge is 2.12. The summed E-state index contributed by atoms with van der Waals surface area (Å²) in [5.41, 5.74) is 0.267. The Morgan fingerprint density at radius 1 is 0.870 bits per heavy atom. The van der Waals surface area contributed by atoms with E-state index < -0.39 is 11.9 Å². The van der Waals surface area contributed by atoms with Gasteiger partial charge in [0.05, 0.1) is 5.56 Å². The fourth-order valence-corrected chi connectivity index (χ4v) is 2.39. The standard InChI is InChI=1S/C19H28O4/c1-2-3-4-5-6-7-8-9-10-11-18(21)23-19(22)16-12-14-17(20)15-13-16/h12-15,20H,2-11H2,1H3. The lowest BCUT2D eigenvalue weighted by Crippen LogP contribution is -2.12. The fraction of sp³-hybridized carbons (Fsp3) is 0.579. The number of esters is 2. The van der Waals surface area contributed by atoms with Gasteiger partial charge in [-0.3, -0.25) is 4.79 Å². The molecule has 0 atom stereocenters. The van der Waals surface area contributed by atoms with Crippen molar-refractivity contribution in [2.75, 3.05) is 0 Å². The van der Waals surface area contributed by atoms with Crippen molar-refractivity contribution in [2.45, 2.75) is 71.1 Å². The molecule has 0 unspecified atom stereocenters. The molecule has 0 saturated carbocycles. The van der Waals surface area contributed by atoms with Gasteiger partial charge in [0.1, 0.15) is 5.75 Å². The molecule has 0 aromatic heterocycles. The first-order valence-electron chi connectivity index (χ1n) is 8.67. The summed E-state index contributed by atoms with van der Waals surface area (Å²) in [5, 5.41) is 9.15. The first kappa shape index (κ1) is 19.2. The van der Waals surface area contributed by atoms with Crippen LogP contribution in [0.5, 0.6) is 5.75 Å². The van der Waals surface area contributed by atoms with Gasteiger partial charge in [0.15, 0.2) is 0 Å². The molecular weight excluding hydrogens is 292 g/mol. The van der Waals surface area contributed by atoms with E-state index in [0.717, 1.165) is 19.3 Å². The summed E-state index contributed by atoms with van der Waals surface area (Å²) in [6.07, 6.45) is 10.9. The average molecular weight is 320 g/mol. The van der Waals surface area contributed by atoms with E-state index in [2.05, 4.69) is 6.92 Å². The summed E-state index contributed by atoms with van der Waals surface area (Å²) in [5.74, 6) is -1.07. The number of hydrogen-bond acceptors (Lipinski definition) is 4. The zero-order valence-electron chi connectivity index (χ0n) is 14.1. The number of carbonyl (C=O) groups excluding carboxylic acids is 2. The summed E-state index contributed by atoms with van der Waals surface area (Å²) in [6, 6.07) is 5.65. The second-order valence-corrected chi connectivity index (χ2v) is 5.89. The van der Waals surface area contributed by atoms with Crippen LogP contribution in [0.15, 0.2) is 24.3 Å². The highest BCUT2D eigenvalue weighted by atomic mass is 16.6. The maximum atomic E-state index is 11.7. The van der Waals surface area contributed by atoms with Crippen LogP contribution in [-0.4, -0.2) is 17.0 Å². The summed E-state index contributed by atoms with van der Waals surface area (Å²) < 4.78 is 4.79. The van der Waals surface area contributed by atoms with E-state index in [0.29, 0.717) is 0 Å². The number of ether oxygens (including phenoxy) is 1. The summed E-state index contributed by atoms with van der Waals surface area (Å²) in [7, 11) is 0. The predicted octanol–water partition coefficient (Wildman–Crippen LogP) is 5.00. The normalized spacial score (nSPS) is 10.5. The van der Waals surface area contributed by atoms with Crippen LogP contribution in [0.4, 0.5) is 0 Å². The minimum atomic E-state index is -0.661. The highest BCUT2D eigenvalue weighted by Crippen LogP contribution is 2.13. The molecule has 1 N–H and O–H groups in total. The molecule has 0 aliphatic rings. The van der Waals surface area contributed by atoms with Crippen molar-refractivity contribution in [2.24, 2.45) is 0 Å². The lowest BCUT2D eigenvalue weighted by molar-refractivity contribution is -0.138. The maximum absolute atomic E-state index is 11.7. The first-order valence-corrected chi connectivity index (χ1v) is 8.67. The van der Waals surface area contributed by atoms with Crippen molar-refractivity contribution in [3.05, 3.63) is 29.8 Å². The van der Waals surface area contributed by atoms with Crippen LogP contribution >= 0.6 is 0 Å². The molecule has 1 aromatic rings. The predicted molar refractivity (Wildman–Crippen MR) is 90.4 cm³/mol. The number of aromatic hydroxyl groups is 1. The molecular formula is C19H28O4. The first-order chi connectivity index (χ1) is 11.1. The number of phenols is 1. The lowest BCUT2D eigenvalue weighted by atomic mass is 10.1. The zero-order valence-corrected chi connectivity index (χ0v) is 14.1. The molecule has 0 aliphatic carbocycles. The zero-order chi connectivity index (χ0) is 16.9. The maximum Gasteiger partial charge on any atom is 0.345 e. The Morgan fingerprint density at radius 3 is 1.96 bits per heavy atom. The fourth-order valence-electron chi connectivity index (χ4n) is 2.39. The van der Waals surface area contributed by atoms with Gasteiger partial charge < -0.3 is 9.84 Å². The number of unbranched alkanes of at least 4 members (excludes halogenated alkanes) is 8. The molecule has 0 heterocycles. The Bertz CT molecular complexity index is 465. The summed E-state index contributed by atoms with van der Waals surface area (Å²) in [6.45, 7) is 2.21. The van der Waals surface area contributed by atoms with Gasteiger partial charge in [-0.05, 0) is 30.7 Å². The van der Waals surface area contributed by atoms with Crippen LogP contribution in [-0.2, 0) is 9.53 Å². The second kappa shape index (κ2) is 11.7. The lowest BCUT2D eigenvalue weighted by Gasteiger charge is -2.04. The summed E-state index contributed by atoms with van der Waals surface area (Å²) in [4.78, 5) is 23.3. The van der Waals surface area contributed by atoms with Gasteiger partial charge in [0, 0.05) is 6.42 Å². The van der Waals surface area contributed by atoms with E-state index >= 15 is 0 Å². The number of rotatable bonds is 11. The van der Waals surface area contributed by atoms with E-state index in [1.165, 1.54) is 62.8 Å². The molecule has 23 heavy (non-hydrogen) atoms. The highest BCUT2D eigenvalue weighted by molar-refractivity contribution is 5.96. The molecule has 0 spiro atoms. The van der Waals surface area contributed by atoms with E-state index in [4.69, 9.17) is 9.84 Å². The van der Waals surface area contributed by atoms with Crippen LogP contribution in [0.1, 0.15) is 81.5 Å². The average Bonchev–Trinajstić information content (AvgIpc) is 2.54. The van der Waals surface area contributed by atoms with E-state index in [9.17, 15) is 9.59 Å². The Hall–Kier alpha value is -1.84. The number of phenolic OH excluding ortho intramolecular Hbond substituents is 1. The largest absolute Gasteiger partial charge is 0.508 e. The quantitative estimate of drug-likeness (QED) is 0.354. The number of carbonyl (C=O) groups is 2. The van der Waals surface area contributed by atoms with Crippen molar-refractivity contribution in [1.29, 1.82) is 0 Å². The van der Waals surface area contributed by atoms with Gasteiger partial charge in [-0.15, -0.1) is 0 Å². The number of benzene rings is 1. The molecule has 0 bridgehead atoms. The van der Waals surface area contributed by atoms with Crippen LogP contribution < -0.4 is 0 Å². The van der Waals surface area contributed by atoms with Gasteiger partial charge in [0.2, 0.25) is 0 Å². The van der Waals surface area contributed by atoms with Gasteiger partial charge in [0.25, 0.3) is 0 Å². The molecule has 128 valence electrons. The Labute approximate surface area is 138 Å². The molecule has 4 heteroatoms. The van der Waals surface area contributed by atoms with Gasteiger partial charge in [-0.25, -0.2) is 4.79 Å². The third-order valence-electron chi connectivity index (χ3n) is 3.79. The molecule has 4 nitrogen and oxygen atoms in total. The van der Waals surface area contributed by atoms with Gasteiger partial charge in [-0.1, -0.05) is 58.3 Å². The van der Waals surface area contributed by atoms with Crippen molar-refractivity contribution < 1.29 is 19.4 Å².